The smallest absolute Gasteiger partial charge is 0.225 e. The summed E-state index contributed by atoms with van der Waals surface area (Å²) < 4.78 is 23.8. The maximum atomic E-state index is 10.8. The van der Waals surface area contributed by atoms with Gasteiger partial charge in [0.15, 0.2) is 5.75 Å². The fourth-order valence-corrected chi connectivity index (χ4v) is 1.11. The Labute approximate surface area is 71.9 Å². The number of hydrogen-bond acceptors (Lipinski definition) is 4. The van der Waals surface area contributed by atoms with Crippen LogP contribution < -0.4 is 10.5 Å². The molecule has 68 valence electrons. The van der Waals surface area contributed by atoms with Crippen molar-refractivity contribution in [3.63, 3.8) is 0 Å². The molecule has 0 unspecified atom stereocenters. The van der Waals surface area contributed by atoms with Crippen molar-refractivity contribution < 1.29 is 8.42 Å². The minimum Gasteiger partial charge on any atom is -0.327 e. The van der Waals surface area contributed by atoms with Gasteiger partial charge in [-0.25, -0.2) is 13.1 Å². The lowest BCUT2D eigenvalue weighted by Crippen LogP contribution is -2.25. The van der Waals surface area contributed by atoms with Crippen LogP contribution in [-0.2, 0) is 10.0 Å². The second kappa shape index (κ2) is 5.71. The highest BCUT2D eigenvalue weighted by atomic mass is 32.2. The fourth-order valence-electron chi connectivity index (χ4n) is 0.491. The molecule has 5 nitrogen and oxygen atoms in total. The van der Waals surface area contributed by atoms with E-state index in [0.29, 0.717) is 6.54 Å². The molecule has 0 rings (SSSR count). The molecular formula is C6H11N3O2S. The summed E-state index contributed by atoms with van der Waals surface area (Å²) >= 11 is 0. The van der Waals surface area contributed by atoms with E-state index in [1.807, 2.05) is 0 Å². The molecule has 0 spiro atoms. The van der Waals surface area contributed by atoms with E-state index in [1.165, 1.54) is 0 Å². The minimum absolute atomic E-state index is 0.182. The predicted molar refractivity (Wildman–Crippen MR) is 45.6 cm³/mol. The summed E-state index contributed by atoms with van der Waals surface area (Å²) in [6.07, 6.45) is 3.23. The zero-order chi connectivity index (χ0) is 9.45. The largest absolute Gasteiger partial charge is 0.327 e. The summed E-state index contributed by atoms with van der Waals surface area (Å²) in [4.78, 5) is 0. The molecule has 3 N–H and O–H groups in total. The number of nitrogens with one attached hydrogen (secondary N) is 1. The van der Waals surface area contributed by atoms with Gasteiger partial charge in [0.05, 0.1) is 6.07 Å². The van der Waals surface area contributed by atoms with Gasteiger partial charge in [-0.1, -0.05) is 12.2 Å². The lowest BCUT2D eigenvalue weighted by molar-refractivity contribution is 0.589. The number of hydrogen-bond donors (Lipinski definition) is 2. The summed E-state index contributed by atoms with van der Waals surface area (Å²) in [7, 11) is -3.42. The van der Waals surface area contributed by atoms with Crippen LogP contribution in [0.3, 0.4) is 0 Å². The van der Waals surface area contributed by atoms with E-state index in [1.54, 1.807) is 18.2 Å². The minimum atomic E-state index is -3.42. The molecule has 0 bridgehead atoms. The van der Waals surface area contributed by atoms with Crippen molar-refractivity contribution in [2.45, 2.75) is 0 Å². The third-order valence-corrected chi connectivity index (χ3v) is 2.09. The molecular weight excluding hydrogens is 178 g/mol. The average molecular weight is 189 g/mol. The number of nitriles is 1. The molecule has 0 aliphatic heterocycles. The first-order valence-electron chi connectivity index (χ1n) is 3.31. The Morgan fingerprint density at radius 1 is 1.50 bits per heavy atom. The van der Waals surface area contributed by atoms with Gasteiger partial charge >= 0.3 is 0 Å². The zero-order valence-corrected chi connectivity index (χ0v) is 7.34. The Bertz CT molecular complexity index is 276. The van der Waals surface area contributed by atoms with Crippen LogP contribution in [0, 0.1) is 11.3 Å². The molecule has 0 aromatic heterocycles. The van der Waals surface area contributed by atoms with E-state index >= 15 is 0 Å². The lowest BCUT2D eigenvalue weighted by Gasteiger charge is -1.97. The highest BCUT2D eigenvalue weighted by Crippen LogP contribution is 1.81. The molecule has 0 aromatic carbocycles. The van der Waals surface area contributed by atoms with E-state index in [2.05, 4.69) is 4.72 Å². The third-order valence-electron chi connectivity index (χ3n) is 0.978. The molecule has 0 atom stereocenters. The molecule has 0 aromatic rings. The van der Waals surface area contributed by atoms with Gasteiger partial charge in [0, 0.05) is 13.1 Å². The molecule has 0 fully saturated rings. The van der Waals surface area contributed by atoms with E-state index in [4.69, 9.17) is 11.0 Å². The van der Waals surface area contributed by atoms with Crippen LogP contribution >= 0.6 is 0 Å². The van der Waals surface area contributed by atoms with Crippen molar-refractivity contribution in [3.8, 4) is 6.07 Å². The topological polar surface area (TPSA) is 96.0 Å². The van der Waals surface area contributed by atoms with Crippen molar-refractivity contribution in [2.24, 2.45) is 5.73 Å². The maximum Gasteiger partial charge on any atom is 0.225 e. The van der Waals surface area contributed by atoms with E-state index < -0.39 is 15.8 Å². The van der Waals surface area contributed by atoms with Crippen LogP contribution in [-0.4, -0.2) is 27.3 Å². The van der Waals surface area contributed by atoms with E-state index in [-0.39, 0.29) is 6.54 Å². The third kappa shape index (κ3) is 5.85. The Balaban J connectivity index is 3.79. The SMILES string of the molecule is N#CCS(=O)(=O)NC/C=C/CN. The van der Waals surface area contributed by atoms with Gasteiger partial charge in [0.1, 0.15) is 0 Å². The van der Waals surface area contributed by atoms with Crippen LogP contribution in [0.25, 0.3) is 0 Å². The van der Waals surface area contributed by atoms with Gasteiger partial charge in [-0.2, -0.15) is 5.26 Å². The van der Waals surface area contributed by atoms with Crippen LogP contribution in [0.1, 0.15) is 0 Å². The van der Waals surface area contributed by atoms with Crippen molar-refractivity contribution in [3.05, 3.63) is 12.2 Å². The van der Waals surface area contributed by atoms with Gasteiger partial charge in [-0.05, 0) is 0 Å². The normalized spacial score (nSPS) is 11.7. The Hall–Kier alpha value is -0.900. The highest BCUT2D eigenvalue weighted by Gasteiger charge is 2.05. The molecule has 6 heteroatoms. The second-order valence-corrected chi connectivity index (χ2v) is 3.78. The Morgan fingerprint density at radius 2 is 2.17 bits per heavy atom. The monoisotopic (exact) mass is 189 g/mol. The molecule has 12 heavy (non-hydrogen) atoms. The predicted octanol–water partition coefficient (Wildman–Crippen LogP) is -1.06. The van der Waals surface area contributed by atoms with Crippen LogP contribution in [0.5, 0.6) is 0 Å². The molecule has 0 aliphatic rings. The van der Waals surface area contributed by atoms with Crippen molar-refractivity contribution in [1.29, 1.82) is 5.26 Å². The van der Waals surface area contributed by atoms with Gasteiger partial charge in [-0.15, -0.1) is 0 Å². The molecule has 0 amide bonds. The van der Waals surface area contributed by atoms with Crippen molar-refractivity contribution >= 4 is 10.0 Å². The number of sulfonamides is 1. The highest BCUT2D eigenvalue weighted by molar-refractivity contribution is 7.89. The van der Waals surface area contributed by atoms with Crippen molar-refractivity contribution in [1.82, 2.24) is 4.72 Å². The molecule has 0 heterocycles. The van der Waals surface area contributed by atoms with Gasteiger partial charge < -0.3 is 5.73 Å². The quantitative estimate of drug-likeness (QED) is 0.539. The molecule has 0 aliphatic carbocycles. The first-order chi connectivity index (χ1) is 5.62. The second-order valence-electron chi connectivity index (χ2n) is 1.97. The Kier molecular flexibility index (Phi) is 5.28. The maximum absolute atomic E-state index is 10.8. The summed E-state index contributed by atoms with van der Waals surface area (Å²) in [6, 6.07) is 1.55. The van der Waals surface area contributed by atoms with Crippen molar-refractivity contribution in [2.75, 3.05) is 18.8 Å². The van der Waals surface area contributed by atoms with Crippen LogP contribution in [0.4, 0.5) is 0 Å². The number of rotatable bonds is 5. The van der Waals surface area contributed by atoms with Gasteiger partial charge in [-0.3, -0.25) is 0 Å². The van der Waals surface area contributed by atoms with E-state index in [0.717, 1.165) is 0 Å². The van der Waals surface area contributed by atoms with Gasteiger partial charge in [0.25, 0.3) is 0 Å². The number of nitrogens with zero attached hydrogens (tertiary/aromatic N) is 1. The lowest BCUT2D eigenvalue weighted by atomic mass is 10.5. The van der Waals surface area contributed by atoms with E-state index in [9.17, 15) is 8.42 Å². The molecule has 0 saturated heterocycles. The summed E-state index contributed by atoms with van der Waals surface area (Å²) in [6.45, 7) is 0.557. The number of nitrogens with two attached hydrogens (primary N) is 1. The van der Waals surface area contributed by atoms with Crippen LogP contribution in [0.2, 0.25) is 0 Å². The standard InChI is InChI=1S/C6H11N3O2S/c7-3-1-2-5-9-12(10,11)6-4-8/h1-2,9H,3,5-7H2/b2-1+. The average Bonchev–Trinajstić information content (AvgIpc) is 1.98. The Morgan fingerprint density at radius 3 is 2.67 bits per heavy atom. The first-order valence-corrected chi connectivity index (χ1v) is 4.97. The van der Waals surface area contributed by atoms with Crippen LogP contribution in [0.15, 0.2) is 12.2 Å². The summed E-state index contributed by atoms with van der Waals surface area (Å²) in [5, 5.41) is 8.10. The van der Waals surface area contributed by atoms with Gasteiger partial charge in [0.2, 0.25) is 10.0 Å². The summed E-state index contributed by atoms with van der Waals surface area (Å²) in [5.41, 5.74) is 5.12. The zero-order valence-electron chi connectivity index (χ0n) is 6.53. The fraction of sp³-hybridized carbons (Fsp3) is 0.500. The molecule has 0 radical (unpaired) electrons. The summed E-state index contributed by atoms with van der Waals surface area (Å²) in [5.74, 6) is -0.510. The first kappa shape index (κ1) is 11.1. The molecule has 0 saturated carbocycles.